The zero-order chi connectivity index (χ0) is 15.4. The minimum atomic E-state index is -1.02. The molecule has 21 heavy (non-hydrogen) atoms. The van der Waals surface area contributed by atoms with E-state index < -0.39 is 16.9 Å². The highest BCUT2D eigenvalue weighted by molar-refractivity contribution is 5.80. The molecule has 2 rings (SSSR count). The van der Waals surface area contributed by atoms with E-state index in [0.717, 1.165) is 5.69 Å². The molecule has 1 unspecified atom stereocenters. The first kappa shape index (κ1) is 14.5. The van der Waals surface area contributed by atoms with Crippen LogP contribution in [0.5, 0.6) is 0 Å². The van der Waals surface area contributed by atoms with Gasteiger partial charge in [-0.3, -0.25) is 10.1 Å². The first-order valence-corrected chi connectivity index (χ1v) is 6.25. The molecule has 108 valence electrons. The molecule has 6 heteroatoms. The predicted molar refractivity (Wildman–Crippen MR) is 78.3 cm³/mol. The average molecular weight is 286 g/mol. The number of nitrogens with zero attached hydrogens (tertiary/aromatic N) is 2. The molecule has 0 aliphatic rings. The number of benzene rings is 2. The second-order valence-corrected chi connectivity index (χ2v) is 4.54. The quantitative estimate of drug-likeness (QED) is 0.675. The lowest BCUT2D eigenvalue weighted by Gasteiger charge is -2.27. The number of hydrogen-bond acceptors (Lipinski definition) is 4. The van der Waals surface area contributed by atoms with Gasteiger partial charge in [0.05, 0.1) is 4.92 Å². The van der Waals surface area contributed by atoms with E-state index in [1.54, 1.807) is 24.1 Å². The van der Waals surface area contributed by atoms with Crippen LogP contribution in [-0.4, -0.2) is 23.0 Å². The van der Waals surface area contributed by atoms with E-state index in [-0.39, 0.29) is 5.69 Å². The summed E-state index contributed by atoms with van der Waals surface area (Å²) in [5.41, 5.74) is 1.17. The van der Waals surface area contributed by atoms with Crippen molar-refractivity contribution in [3.8, 4) is 0 Å². The van der Waals surface area contributed by atoms with Gasteiger partial charge in [-0.1, -0.05) is 18.2 Å². The molecule has 1 N–H and O–H groups in total. The van der Waals surface area contributed by atoms with Gasteiger partial charge < -0.3 is 10.0 Å². The summed E-state index contributed by atoms with van der Waals surface area (Å²) in [4.78, 5) is 23.3. The van der Waals surface area contributed by atoms with Gasteiger partial charge in [0.15, 0.2) is 6.04 Å². The third kappa shape index (κ3) is 3.17. The van der Waals surface area contributed by atoms with Gasteiger partial charge >= 0.3 is 5.97 Å². The highest BCUT2D eigenvalue weighted by atomic mass is 16.6. The van der Waals surface area contributed by atoms with E-state index >= 15 is 0 Å². The second kappa shape index (κ2) is 6.04. The summed E-state index contributed by atoms with van der Waals surface area (Å²) in [7, 11) is 1.68. The maximum absolute atomic E-state index is 11.6. The monoisotopic (exact) mass is 286 g/mol. The number of para-hydroxylation sites is 1. The Balaban J connectivity index is 2.35. The second-order valence-electron chi connectivity index (χ2n) is 4.54. The zero-order valence-corrected chi connectivity index (χ0v) is 11.3. The SMILES string of the molecule is CN(c1ccccc1)C(C(=O)O)c1ccc([N+](=O)[O-])cc1. The van der Waals surface area contributed by atoms with Gasteiger partial charge in [-0.05, 0) is 29.8 Å². The summed E-state index contributed by atoms with van der Waals surface area (Å²) in [5.74, 6) is -1.02. The van der Waals surface area contributed by atoms with E-state index in [1.165, 1.54) is 24.3 Å². The smallest absolute Gasteiger partial charge is 0.331 e. The normalized spacial score (nSPS) is 11.7. The average Bonchev–Trinajstić information content (AvgIpc) is 2.48. The van der Waals surface area contributed by atoms with Gasteiger partial charge in [0.25, 0.3) is 5.69 Å². The number of anilines is 1. The minimum Gasteiger partial charge on any atom is -0.479 e. The van der Waals surface area contributed by atoms with Gasteiger partial charge in [0.2, 0.25) is 0 Å². The van der Waals surface area contributed by atoms with Crippen molar-refractivity contribution in [3.05, 3.63) is 70.3 Å². The van der Waals surface area contributed by atoms with Crippen molar-refractivity contribution in [2.75, 3.05) is 11.9 Å². The van der Waals surface area contributed by atoms with Crippen molar-refractivity contribution in [3.63, 3.8) is 0 Å². The third-order valence-corrected chi connectivity index (χ3v) is 3.20. The number of rotatable bonds is 5. The summed E-state index contributed by atoms with van der Waals surface area (Å²) in [6, 6.07) is 13.7. The molecule has 0 saturated heterocycles. The molecule has 0 aliphatic carbocycles. The van der Waals surface area contributed by atoms with Crippen LogP contribution < -0.4 is 4.90 Å². The lowest BCUT2D eigenvalue weighted by atomic mass is 10.0. The Kier molecular flexibility index (Phi) is 4.18. The predicted octanol–water partition coefficient (Wildman–Crippen LogP) is 2.86. The van der Waals surface area contributed by atoms with Crippen molar-refractivity contribution in [2.24, 2.45) is 0 Å². The molecule has 0 radical (unpaired) electrons. The molecule has 0 saturated carbocycles. The molecule has 0 fully saturated rings. The Labute approximate surface area is 121 Å². The molecule has 0 amide bonds. The lowest BCUT2D eigenvalue weighted by Crippen LogP contribution is -2.30. The molecular weight excluding hydrogens is 272 g/mol. The molecule has 0 aliphatic heterocycles. The Morgan fingerprint density at radius 3 is 2.19 bits per heavy atom. The van der Waals surface area contributed by atoms with Crippen LogP contribution in [0, 0.1) is 10.1 Å². The van der Waals surface area contributed by atoms with Crippen LogP contribution in [0.15, 0.2) is 54.6 Å². The van der Waals surface area contributed by atoms with Crippen LogP contribution in [0.2, 0.25) is 0 Å². The fraction of sp³-hybridized carbons (Fsp3) is 0.133. The van der Waals surface area contributed by atoms with Gasteiger partial charge in [-0.25, -0.2) is 4.79 Å². The molecule has 6 nitrogen and oxygen atoms in total. The summed E-state index contributed by atoms with van der Waals surface area (Å²) in [6.45, 7) is 0. The molecule has 1 atom stereocenters. The summed E-state index contributed by atoms with van der Waals surface area (Å²) < 4.78 is 0. The molecule has 0 spiro atoms. The van der Waals surface area contributed by atoms with E-state index in [2.05, 4.69) is 0 Å². The number of carbonyl (C=O) groups is 1. The molecule has 0 heterocycles. The van der Waals surface area contributed by atoms with Crippen LogP contribution in [0.4, 0.5) is 11.4 Å². The van der Waals surface area contributed by atoms with Crippen molar-refractivity contribution >= 4 is 17.3 Å². The maximum atomic E-state index is 11.6. The summed E-state index contributed by atoms with van der Waals surface area (Å²) in [6.07, 6.45) is 0. The van der Waals surface area contributed by atoms with Crippen LogP contribution >= 0.6 is 0 Å². The number of likely N-dealkylation sites (N-methyl/N-ethyl adjacent to an activating group) is 1. The van der Waals surface area contributed by atoms with E-state index in [1.807, 2.05) is 18.2 Å². The summed E-state index contributed by atoms with van der Waals surface area (Å²) >= 11 is 0. The Morgan fingerprint density at radius 2 is 1.71 bits per heavy atom. The molecule has 0 aromatic heterocycles. The number of carboxylic acids is 1. The highest BCUT2D eigenvalue weighted by Crippen LogP contribution is 2.27. The van der Waals surface area contributed by atoms with Gasteiger partial charge in [0, 0.05) is 24.9 Å². The number of hydrogen-bond donors (Lipinski definition) is 1. The first-order valence-electron chi connectivity index (χ1n) is 6.25. The van der Waals surface area contributed by atoms with Crippen molar-refractivity contribution in [2.45, 2.75) is 6.04 Å². The maximum Gasteiger partial charge on any atom is 0.331 e. The largest absolute Gasteiger partial charge is 0.479 e. The Morgan fingerprint density at radius 1 is 1.14 bits per heavy atom. The molecule has 0 bridgehead atoms. The lowest BCUT2D eigenvalue weighted by molar-refractivity contribution is -0.384. The first-order chi connectivity index (χ1) is 10.0. The zero-order valence-electron chi connectivity index (χ0n) is 11.3. The van der Waals surface area contributed by atoms with Crippen LogP contribution in [0.3, 0.4) is 0 Å². The fourth-order valence-electron chi connectivity index (χ4n) is 2.12. The van der Waals surface area contributed by atoms with Crippen LogP contribution in [0.25, 0.3) is 0 Å². The van der Waals surface area contributed by atoms with Gasteiger partial charge in [-0.2, -0.15) is 0 Å². The van der Waals surface area contributed by atoms with Crippen LogP contribution in [-0.2, 0) is 4.79 Å². The van der Waals surface area contributed by atoms with Crippen molar-refractivity contribution in [1.82, 2.24) is 0 Å². The van der Waals surface area contributed by atoms with Crippen LogP contribution in [0.1, 0.15) is 11.6 Å². The van der Waals surface area contributed by atoms with E-state index in [0.29, 0.717) is 5.56 Å². The number of non-ortho nitro benzene ring substituents is 1. The minimum absolute atomic E-state index is 0.0646. The molecule has 2 aromatic carbocycles. The summed E-state index contributed by atoms with van der Waals surface area (Å²) in [5, 5.41) is 20.1. The Bertz CT molecular complexity index is 640. The van der Waals surface area contributed by atoms with Crippen molar-refractivity contribution in [1.29, 1.82) is 0 Å². The standard InChI is InChI=1S/C15H14N2O4/c1-16(12-5-3-2-4-6-12)14(15(18)19)11-7-9-13(10-8-11)17(20)21/h2-10,14H,1H3,(H,18,19). The fourth-order valence-corrected chi connectivity index (χ4v) is 2.12. The number of aliphatic carboxylic acids is 1. The number of nitro benzene ring substituents is 1. The topological polar surface area (TPSA) is 83.7 Å². The highest BCUT2D eigenvalue weighted by Gasteiger charge is 2.25. The number of nitro groups is 1. The third-order valence-electron chi connectivity index (χ3n) is 3.20. The Hall–Kier alpha value is -2.89. The van der Waals surface area contributed by atoms with Gasteiger partial charge in [-0.15, -0.1) is 0 Å². The molecule has 2 aromatic rings. The number of carboxylic acid groups (broad SMARTS) is 1. The van der Waals surface area contributed by atoms with E-state index in [9.17, 15) is 20.0 Å². The molecular formula is C15H14N2O4. The van der Waals surface area contributed by atoms with E-state index in [4.69, 9.17) is 0 Å². The van der Waals surface area contributed by atoms with Crippen molar-refractivity contribution < 1.29 is 14.8 Å². The van der Waals surface area contributed by atoms with Gasteiger partial charge in [0.1, 0.15) is 0 Å².